The molecule has 3 aliphatic heterocycles. The summed E-state index contributed by atoms with van der Waals surface area (Å²) in [6, 6.07) is -0.895. The maximum absolute atomic E-state index is 13.6. The summed E-state index contributed by atoms with van der Waals surface area (Å²) in [5.41, 5.74) is 5.44. The predicted octanol–water partition coefficient (Wildman–Crippen LogP) is 4.98. The topological polar surface area (TPSA) is 167 Å². The molecule has 16 heteroatoms. The van der Waals surface area contributed by atoms with E-state index in [1.807, 2.05) is 0 Å². The predicted molar refractivity (Wildman–Crippen MR) is 177 cm³/mol. The van der Waals surface area contributed by atoms with Crippen molar-refractivity contribution in [2.75, 3.05) is 6.61 Å². The van der Waals surface area contributed by atoms with Crippen LogP contribution >= 0.6 is 0 Å². The normalized spacial score (nSPS) is 29.0. The van der Waals surface area contributed by atoms with Crippen LogP contribution < -0.4 is 11.1 Å². The molecule has 0 spiro atoms. The summed E-state index contributed by atoms with van der Waals surface area (Å²) in [7, 11) is -7.28. The second-order valence-corrected chi connectivity index (χ2v) is 30.9. The lowest BCUT2D eigenvalue weighted by Gasteiger charge is -2.45. The van der Waals surface area contributed by atoms with Crippen LogP contribution in [0, 0.1) is 0 Å². The van der Waals surface area contributed by atoms with Gasteiger partial charge in [-0.1, -0.05) is 62.3 Å². The molecule has 13 nitrogen and oxygen atoms in total. The van der Waals surface area contributed by atoms with Crippen molar-refractivity contribution in [2.24, 2.45) is 15.7 Å². The summed E-state index contributed by atoms with van der Waals surface area (Å²) in [5, 5.41) is 12.1. The smallest absolute Gasteiger partial charge is 0.350 e. The third-order valence-electron chi connectivity index (χ3n) is 10.3. The average Bonchev–Trinajstić information content (AvgIpc) is 3.29. The van der Waals surface area contributed by atoms with Crippen LogP contribution in [0.1, 0.15) is 62.3 Å². The minimum atomic E-state index is -2.57. The van der Waals surface area contributed by atoms with E-state index in [0.717, 1.165) is 4.90 Å². The number of guanidine groups is 1. The van der Waals surface area contributed by atoms with Crippen LogP contribution in [0.2, 0.25) is 54.4 Å². The Morgan fingerprint density at radius 3 is 1.82 bits per heavy atom. The number of ether oxygens (including phenoxy) is 1. The molecule has 3 aliphatic rings. The highest BCUT2D eigenvalue weighted by Crippen LogP contribution is 2.47. The van der Waals surface area contributed by atoms with Gasteiger partial charge in [-0.25, -0.2) is 15.0 Å². The monoisotopic (exact) mass is 673 g/mol. The molecule has 3 heterocycles. The van der Waals surface area contributed by atoms with Crippen LogP contribution in [0.5, 0.6) is 0 Å². The standard InChI is InChI=1S/C28H55N5O8Si3/c1-25(2,3)42(10,11)37-16-17-18(39-43(12,13)26(4,5)6)19(40-44(14,15)27(7,8)9)22(38-17)33-24(35)30-20-21(34)31-23(29)32-28(20,33)41-36/h17-19,22,36H,16H2,1-15H3,(H3,29,31,32,34)/t17-,18-,19-,22-,28+/m1/s1. The summed E-state index contributed by atoms with van der Waals surface area (Å²) in [5.74, 6) is -3.54. The zero-order valence-electron chi connectivity index (χ0n) is 29.2. The number of nitrogens with two attached hydrogens (primary N) is 1. The Balaban J connectivity index is 2.21. The summed E-state index contributed by atoms with van der Waals surface area (Å²) in [6.45, 7) is 32.2. The number of rotatable bonds is 9. The van der Waals surface area contributed by atoms with E-state index in [1.54, 1.807) is 0 Å². The Kier molecular flexibility index (Phi) is 9.76. The van der Waals surface area contributed by atoms with Crippen LogP contribution in [0.15, 0.2) is 9.98 Å². The highest BCUT2D eigenvalue weighted by molar-refractivity contribution is 6.75. The number of carbonyl (C=O) groups is 2. The van der Waals surface area contributed by atoms with E-state index >= 15 is 0 Å². The highest BCUT2D eigenvalue weighted by atomic mass is 28.4. The molecule has 44 heavy (non-hydrogen) atoms. The lowest BCUT2D eigenvalue weighted by atomic mass is 10.1. The van der Waals surface area contributed by atoms with Gasteiger partial charge in [0.1, 0.15) is 18.3 Å². The van der Waals surface area contributed by atoms with E-state index in [4.69, 9.17) is 28.6 Å². The van der Waals surface area contributed by atoms with Crippen molar-refractivity contribution in [3.63, 3.8) is 0 Å². The molecule has 0 radical (unpaired) electrons. The number of aliphatic imine (C=N–C) groups is 2. The lowest BCUT2D eigenvalue weighted by Crippen LogP contribution is -2.66. The molecule has 0 aromatic rings. The number of hydrogen-bond donors (Lipinski definition) is 3. The molecule has 0 aliphatic carbocycles. The van der Waals surface area contributed by atoms with Crippen LogP contribution in [-0.2, 0) is 27.7 Å². The first-order valence-electron chi connectivity index (χ1n) is 15.2. The lowest BCUT2D eigenvalue weighted by molar-refractivity contribution is -0.340. The van der Waals surface area contributed by atoms with E-state index in [1.165, 1.54) is 0 Å². The van der Waals surface area contributed by atoms with Crippen LogP contribution in [0.3, 0.4) is 0 Å². The average molecular weight is 674 g/mol. The number of urea groups is 1. The molecule has 0 bridgehead atoms. The van der Waals surface area contributed by atoms with Crippen LogP contribution in [0.4, 0.5) is 4.79 Å². The summed E-state index contributed by atoms with van der Waals surface area (Å²) < 4.78 is 27.5. The minimum absolute atomic E-state index is 0.0675. The van der Waals surface area contributed by atoms with Gasteiger partial charge >= 0.3 is 11.9 Å². The third kappa shape index (κ3) is 6.64. The fourth-order valence-electron chi connectivity index (χ4n) is 4.39. The number of nitrogens with zero attached hydrogens (tertiary/aromatic N) is 3. The van der Waals surface area contributed by atoms with E-state index < -0.39 is 73.0 Å². The maximum atomic E-state index is 13.6. The molecule has 0 unspecified atom stereocenters. The Bertz CT molecular complexity index is 1210. The van der Waals surface area contributed by atoms with E-state index in [2.05, 4.69) is 117 Å². The molecular weight excluding hydrogens is 619 g/mol. The van der Waals surface area contributed by atoms with Crippen molar-refractivity contribution in [3.05, 3.63) is 0 Å². The molecule has 3 rings (SSSR count). The van der Waals surface area contributed by atoms with Crippen molar-refractivity contribution >= 4 is 48.6 Å². The number of carbonyl (C=O) groups excluding carboxylic acids is 2. The second kappa shape index (κ2) is 11.6. The molecule has 0 aromatic carbocycles. The molecule has 5 atom stereocenters. The minimum Gasteiger partial charge on any atom is -0.414 e. The zero-order valence-corrected chi connectivity index (χ0v) is 32.2. The zero-order chi connectivity index (χ0) is 34.1. The van der Waals surface area contributed by atoms with Crippen molar-refractivity contribution in [2.45, 2.75) is 147 Å². The van der Waals surface area contributed by atoms with E-state index in [0.29, 0.717) is 0 Å². The van der Waals surface area contributed by atoms with Crippen LogP contribution in [0.25, 0.3) is 0 Å². The molecular formula is C28H55N5O8Si3. The van der Waals surface area contributed by atoms with Gasteiger partial charge in [0.15, 0.2) is 36.9 Å². The Hall–Kier alpha value is -1.51. The molecule has 1 saturated heterocycles. The van der Waals surface area contributed by atoms with Gasteiger partial charge in [-0.05, 0) is 54.4 Å². The molecule has 1 fully saturated rings. The van der Waals surface area contributed by atoms with Crippen molar-refractivity contribution in [3.8, 4) is 0 Å². The third-order valence-corrected chi connectivity index (χ3v) is 23.8. The molecule has 252 valence electrons. The van der Waals surface area contributed by atoms with Gasteiger partial charge in [0.25, 0.3) is 5.91 Å². The summed E-state index contributed by atoms with van der Waals surface area (Å²) >= 11 is 0. The quantitative estimate of drug-likeness (QED) is 0.174. The number of amides is 3. The Labute approximate surface area is 265 Å². The van der Waals surface area contributed by atoms with Crippen molar-refractivity contribution in [1.29, 1.82) is 0 Å². The largest absolute Gasteiger partial charge is 0.414 e. The van der Waals surface area contributed by atoms with Gasteiger partial charge in [0, 0.05) is 0 Å². The number of hydrogen-bond acceptors (Lipinski definition) is 10. The number of nitrogens with one attached hydrogen (secondary N) is 1. The maximum Gasteiger partial charge on any atom is 0.350 e. The van der Waals surface area contributed by atoms with Gasteiger partial charge < -0.3 is 23.7 Å². The summed E-state index contributed by atoms with van der Waals surface area (Å²) in [4.78, 5) is 40.4. The van der Waals surface area contributed by atoms with Gasteiger partial charge in [-0.3, -0.25) is 10.1 Å². The van der Waals surface area contributed by atoms with Crippen molar-refractivity contribution in [1.82, 2.24) is 10.2 Å². The number of fused-ring (bicyclic) bond motifs is 1. The van der Waals surface area contributed by atoms with E-state index in [9.17, 15) is 14.8 Å². The second-order valence-electron chi connectivity index (χ2n) is 16.6. The van der Waals surface area contributed by atoms with E-state index in [-0.39, 0.29) is 27.7 Å². The molecule has 3 amide bonds. The SMILES string of the molecule is CC(C)(C)[Si](C)(C)OC[C@H]1O[C@@H](N2C(=O)N=C3C(=O)NC(N)=N[C@@]32OO)[C@H](O[Si](C)(C)C(C)(C)C)[C@@H]1O[Si](C)(C)C(C)(C)C. The molecule has 4 N–H and O–H groups in total. The van der Waals surface area contributed by atoms with Crippen LogP contribution in [-0.4, -0.2) is 95.7 Å². The van der Waals surface area contributed by atoms with Gasteiger partial charge in [-0.2, -0.15) is 14.9 Å². The van der Waals surface area contributed by atoms with Gasteiger partial charge in [0.05, 0.1) is 6.61 Å². The first-order chi connectivity index (χ1) is 19.6. The fourth-order valence-corrected chi connectivity index (χ4v) is 8.00. The Morgan fingerprint density at radius 2 is 1.36 bits per heavy atom. The van der Waals surface area contributed by atoms with Crippen molar-refractivity contribution < 1.29 is 37.7 Å². The molecule has 0 saturated carbocycles. The first-order valence-corrected chi connectivity index (χ1v) is 23.9. The van der Waals surface area contributed by atoms with Gasteiger partial charge in [-0.15, -0.1) is 0 Å². The highest BCUT2D eigenvalue weighted by Gasteiger charge is 2.65. The fraction of sp³-hybridized carbons (Fsp3) is 0.857. The summed E-state index contributed by atoms with van der Waals surface area (Å²) in [6.07, 6.45) is -3.45. The Morgan fingerprint density at radius 1 is 0.886 bits per heavy atom. The molecule has 0 aromatic heterocycles. The van der Waals surface area contributed by atoms with Gasteiger partial charge in [0.2, 0.25) is 5.96 Å². The first kappa shape index (κ1) is 37.0.